The molecule has 100 valence electrons. The predicted molar refractivity (Wildman–Crippen MR) is 72.9 cm³/mol. The fourth-order valence-corrected chi connectivity index (χ4v) is 2.56. The highest BCUT2D eigenvalue weighted by molar-refractivity contribution is 6.29. The number of nitrogens with one attached hydrogen (secondary N) is 1. The first-order chi connectivity index (χ1) is 8.61. The summed E-state index contributed by atoms with van der Waals surface area (Å²) < 4.78 is 0. The van der Waals surface area contributed by atoms with Crippen LogP contribution in [0.4, 0.5) is 5.82 Å². The Balaban J connectivity index is 2.00. The molecule has 0 radical (unpaired) electrons. The molecule has 0 bridgehead atoms. The zero-order valence-corrected chi connectivity index (χ0v) is 11.5. The van der Waals surface area contributed by atoms with Crippen LogP contribution in [0.5, 0.6) is 0 Å². The van der Waals surface area contributed by atoms with Gasteiger partial charge in [0.1, 0.15) is 16.8 Å². The van der Waals surface area contributed by atoms with Gasteiger partial charge in [0.25, 0.3) is 0 Å². The minimum absolute atomic E-state index is 0.453. The largest absolute Gasteiger partial charge is 0.388 e. The first-order valence-corrected chi connectivity index (χ1v) is 6.99. The van der Waals surface area contributed by atoms with E-state index < -0.39 is 5.60 Å². The van der Waals surface area contributed by atoms with E-state index in [4.69, 9.17) is 11.6 Å². The van der Waals surface area contributed by atoms with Crippen molar-refractivity contribution in [2.24, 2.45) is 0 Å². The zero-order valence-electron chi connectivity index (χ0n) is 10.7. The van der Waals surface area contributed by atoms with Gasteiger partial charge in [0, 0.05) is 19.0 Å². The number of hydrogen-bond donors (Lipinski definition) is 2. The van der Waals surface area contributed by atoms with Crippen molar-refractivity contribution in [1.82, 2.24) is 9.97 Å². The Morgan fingerprint density at radius 3 is 2.78 bits per heavy atom. The molecule has 1 aliphatic rings. The van der Waals surface area contributed by atoms with E-state index in [9.17, 15) is 5.11 Å². The molecule has 2 rings (SSSR count). The topological polar surface area (TPSA) is 58.0 Å². The van der Waals surface area contributed by atoms with Crippen LogP contribution in [0.15, 0.2) is 6.07 Å². The Bertz CT molecular complexity index is 405. The molecule has 0 atom stereocenters. The Morgan fingerprint density at radius 1 is 1.39 bits per heavy atom. The third kappa shape index (κ3) is 3.56. The number of aryl methyl sites for hydroxylation is 1. The highest BCUT2D eigenvalue weighted by atomic mass is 35.5. The molecule has 0 aliphatic heterocycles. The van der Waals surface area contributed by atoms with Crippen molar-refractivity contribution in [3.63, 3.8) is 0 Å². The fraction of sp³-hybridized carbons (Fsp3) is 0.692. The number of aromatic nitrogens is 2. The summed E-state index contributed by atoms with van der Waals surface area (Å²) in [5.41, 5.74) is -0.581. The van der Waals surface area contributed by atoms with Gasteiger partial charge in [-0.3, -0.25) is 0 Å². The van der Waals surface area contributed by atoms with Crippen molar-refractivity contribution in [1.29, 1.82) is 0 Å². The average Bonchev–Trinajstić information content (AvgIpc) is 2.74. The normalized spacial score (nSPS) is 17.9. The lowest BCUT2D eigenvalue weighted by Crippen LogP contribution is -2.33. The van der Waals surface area contributed by atoms with Crippen molar-refractivity contribution in [3.8, 4) is 0 Å². The molecule has 0 amide bonds. The van der Waals surface area contributed by atoms with E-state index in [1.165, 1.54) is 0 Å². The van der Waals surface area contributed by atoms with Gasteiger partial charge in [-0.15, -0.1) is 0 Å². The van der Waals surface area contributed by atoms with Gasteiger partial charge in [-0.1, -0.05) is 31.4 Å². The molecule has 1 fully saturated rings. The van der Waals surface area contributed by atoms with Crippen molar-refractivity contribution in [2.45, 2.75) is 51.0 Å². The molecule has 0 spiro atoms. The number of hydrogen-bond acceptors (Lipinski definition) is 4. The Kier molecular flexibility index (Phi) is 4.40. The molecule has 1 aromatic heterocycles. The van der Waals surface area contributed by atoms with E-state index in [1.54, 1.807) is 6.07 Å². The minimum atomic E-state index is -0.581. The van der Waals surface area contributed by atoms with Crippen LogP contribution >= 0.6 is 11.6 Å². The number of halogens is 1. The summed E-state index contributed by atoms with van der Waals surface area (Å²) in [6.45, 7) is 2.62. The van der Waals surface area contributed by atoms with Gasteiger partial charge in [0.05, 0.1) is 5.60 Å². The van der Waals surface area contributed by atoms with Crippen LogP contribution in [0.3, 0.4) is 0 Å². The molecule has 0 saturated heterocycles. The van der Waals surface area contributed by atoms with E-state index >= 15 is 0 Å². The molecule has 1 aromatic rings. The molecule has 1 heterocycles. The Hall–Kier alpha value is -0.870. The minimum Gasteiger partial charge on any atom is -0.388 e. The summed E-state index contributed by atoms with van der Waals surface area (Å²) in [6, 6.07) is 1.71. The van der Waals surface area contributed by atoms with E-state index in [0.29, 0.717) is 17.5 Å². The van der Waals surface area contributed by atoms with Crippen LogP contribution in [-0.2, 0) is 6.42 Å². The molecule has 1 aliphatic carbocycles. The van der Waals surface area contributed by atoms with Crippen molar-refractivity contribution >= 4 is 17.4 Å². The van der Waals surface area contributed by atoms with Crippen molar-refractivity contribution in [2.75, 3.05) is 11.9 Å². The molecule has 18 heavy (non-hydrogen) atoms. The van der Waals surface area contributed by atoms with Gasteiger partial charge >= 0.3 is 0 Å². The third-order valence-electron chi connectivity index (χ3n) is 3.35. The first kappa shape index (κ1) is 13.6. The molecule has 0 unspecified atom stereocenters. The highest BCUT2D eigenvalue weighted by Crippen LogP contribution is 2.29. The highest BCUT2D eigenvalue weighted by Gasteiger charge is 2.30. The summed E-state index contributed by atoms with van der Waals surface area (Å²) >= 11 is 5.96. The summed E-state index contributed by atoms with van der Waals surface area (Å²) in [5, 5.41) is 13.9. The molecule has 0 aromatic carbocycles. The second-order valence-corrected chi connectivity index (χ2v) is 5.41. The van der Waals surface area contributed by atoms with E-state index in [1.807, 2.05) is 0 Å². The van der Waals surface area contributed by atoms with E-state index in [0.717, 1.165) is 44.3 Å². The first-order valence-electron chi connectivity index (χ1n) is 6.61. The molecule has 1 saturated carbocycles. The van der Waals surface area contributed by atoms with E-state index in [2.05, 4.69) is 22.2 Å². The van der Waals surface area contributed by atoms with Crippen LogP contribution in [-0.4, -0.2) is 27.2 Å². The maximum absolute atomic E-state index is 10.3. The SMILES string of the molecule is CCCc1nc(Cl)cc(NCC2(O)CCCC2)n1. The van der Waals surface area contributed by atoms with E-state index in [-0.39, 0.29) is 0 Å². The van der Waals surface area contributed by atoms with Crippen molar-refractivity contribution < 1.29 is 5.11 Å². The predicted octanol–water partition coefficient (Wildman–Crippen LogP) is 2.80. The fourth-order valence-electron chi connectivity index (χ4n) is 2.36. The van der Waals surface area contributed by atoms with Crippen LogP contribution in [0.25, 0.3) is 0 Å². The lowest BCUT2D eigenvalue weighted by molar-refractivity contribution is 0.0614. The second-order valence-electron chi connectivity index (χ2n) is 5.03. The molecular weight excluding hydrogens is 250 g/mol. The third-order valence-corrected chi connectivity index (χ3v) is 3.54. The molecule has 5 heteroatoms. The number of anilines is 1. The second kappa shape index (κ2) is 5.85. The number of aliphatic hydroxyl groups is 1. The number of rotatable bonds is 5. The summed E-state index contributed by atoms with van der Waals surface area (Å²) in [6.07, 6.45) is 5.73. The summed E-state index contributed by atoms with van der Waals surface area (Å²) in [5.74, 6) is 1.46. The Morgan fingerprint density at radius 2 is 2.11 bits per heavy atom. The maximum Gasteiger partial charge on any atom is 0.134 e. The van der Waals surface area contributed by atoms with Crippen LogP contribution in [0.1, 0.15) is 44.9 Å². The molecular formula is C13H20ClN3O. The van der Waals surface area contributed by atoms with Gasteiger partial charge in [0.2, 0.25) is 0 Å². The van der Waals surface area contributed by atoms with Gasteiger partial charge in [0.15, 0.2) is 0 Å². The van der Waals surface area contributed by atoms with Crippen LogP contribution in [0, 0.1) is 0 Å². The van der Waals surface area contributed by atoms with Crippen molar-refractivity contribution in [3.05, 3.63) is 17.0 Å². The maximum atomic E-state index is 10.3. The average molecular weight is 270 g/mol. The smallest absolute Gasteiger partial charge is 0.134 e. The summed E-state index contributed by atoms with van der Waals surface area (Å²) in [7, 11) is 0. The molecule has 2 N–H and O–H groups in total. The van der Waals surface area contributed by atoms with Crippen LogP contribution < -0.4 is 5.32 Å². The van der Waals surface area contributed by atoms with Gasteiger partial charge < -0.3 is 10.4 Å². The lowest BCUT2D eigenvalue weighted by atomic mass is 10.0. The quantitative estimate of drug-likeness (QED) is 0.807. The summed E-state index contributed by atoms with van der Waals surface area (Å²) in [4.78, 5) is 8.57. The van der Waals surface area contributed by atoms with Gasteiger partial charge in [-0.25, -0.2) is 9.97 Å². The van der Waals surface area contributed by atoms with Crippen LogP contribution in [0.2, 0.25) is 5.15 Å². The zero-order chi connectivity index (χ0) is 13.0. The lowest BCUT2D eigenvalue weighted by Gasteiger charge is -2.22. The van der Waals surface area contributed by atoms with Gasteiger partial charge in [-0.05, 0) is 19.3 Å². The monoisotopic (exact) mass is 269 g/mol. The van der Waals surface area contributed by atoms with Gasteiger partial charge in [-0.2, -0.15) is 0 Å². The standard InChI is InChI=1S/C13H20ClN3O/c1-2-5-11-16-10(14)8-12(17-11)15-9-13(18)6-3-4-7-13/h8,18H,2-7,9H2,1H3,(H,15,16,17). The number of nitrogens with zero attached hydrogens (tertiary/aromatic N) is 2. The molecule has 4 nitrogen and oxygen atoms in total. The Labute approximate surface area is 113 Å².